The van der Waals surface area contributed by atoms with E-state index in [0.29, 0.717) is 0 Å². The number of ether oxygens (including phenoxy) is 2. The van der Waals surface area contributed by atoms with E-state index in [1.807, 2.05) is 12.5 Å². The first-order valence-corrected chi connectivity index (χ1v) is 9.28. The van der Waals surface area contributed by atoms with Gasteiger partial charge in [0, 0.05) is 5.41 Å². The minimum absolute atomic E-state index is 0.213. The molecule has 1 saturated carbocycles. The third-order valence-corrected chi connectivity index (χ3v) is 5.01. The van der Waals surface area contributed by atoms with E-state index in [4.69, 9.17) is 9.47 Å². The molecule has 0 bridgehead atoms. The largest absolute Gasteiger partial charge is 0.501 e. The van der Waals surface area contributed by atoms with Crippen molar-refractivity contribution in [2.45, 2.75) is 85.5 Å². The maximum absolute atomic E-state index is 5.97. The Hall–Kier alpha value is -0.920. The summed E-state index contributed by atoms with van der Waals surface area (Å²) in [4.78, 5) is 0. The molecule has 0 aliphatic heterocycles. The maximum Gasteiger partial charge on any atom is 0.0962 e. The topological polar surface area (TPSA) is 18.5 Å². The highest BCUT2D eigenvalue weighted by atomic mass is 16.5. The van der Waals surface area contributed by atoms with Gasteiger partial charge >= 0.3 is 0 Å². The van der Waals surface area contributed by atoms with Crippen LogP contribution in [0.1, 0.15) is 85.5 Å². The molecule has 0 atom stereocenters. The van der Waals surface area contributed by atoms with E-state index in [0.717, 1.165) is 38.9 Å². The Balaban J connectivity index is 2.58. The van der Waals surface area contributed by atoms with Crippen molar-refractivity contribution in [3.8, 4) is 0 Å². The predicted molar refractivity (Wildman–Crippen MR) is 94.8 cm³/mol. The minimum atomic E-state index is 0.213. The van der Waals surface area contributed by atoms with Crippen LogP contribution in [-0.2, 0) is 9.47 Å². The first-order chi connectivity index (χ1) is 10.7. The molecule has 0 saturated heterocycles. The number of hydrogen-bond donors (Lipinski definition) is 0. The molecule has 1 rings (SSSR count). The van der Waals surface area contributed by atoms with Gasteiger partial charge in [0.1, 0.15) is 0 Å². The molecule has 1 aliphatic carbocycles. The van der Waals surface area contributed by atoms with Crippen LogP contribution < -0.4 is 0 Å². The van der Waals surface area contributed by atoms with Gasteiger partial charge in [0.05, 0.1) is 25.7 Å². The van der Waals surface area contributed by atoms with Gasteiger partial charge in [-0.25, -0.2) is 0 Å². The molecule has 2 nitrogen and oxygen atoms in total. The van der Waals surface area contributed by atoms with Crippen LogP contribution in [0.2, 0.25) is 0 Å². The summed E-state index contributed by atoms with van der Waals surface area (Å²) in [5, 5.41) is 0. The molecule has 0 amide bonds. The molecule has 128 valence electrons. The fraction of sp³-hybridized carbons (Fsp3) is 0.800. The summed E-state index contributed by atoms with van der Waals surface area (Å²) in [6, 6.07) is 0. The molecular formula is C20H36O2. The van der Waals surface area contributed by atoms with Crippen molar-refractivity contribution in [2.24, 2.45) is 5.41 Å². The van der Waals surface area contributed by atoms with Crippen LogP contribution in [0.25, 0.3) is 0 Å². The van der Waals surface area contributed by atoms with Crippen LogP contribution in [0.5, 0.6) is 0 Å². The van der Waals surface area contributed by atoms with Crippen molar-refractivity contribution >= 4 is 0 Å². The van der Waals surface area contributed by atoms with Crippen molar-refractivity contribution in [2.75, 3.05) is 13.2 Å². The van der Waals surface area contributed by atoms with Gasteiger partial charge in [0.2, 0.25) is 0 Å². The Labute approximate surface area is 138 Å². The van der Waals surface area contributed by atoms with E-state index in [9.17, 15) is 0 Å². The Morgan fingerprint density at radius 2 is 1.14 bits per heavy atom. The lowest BCUT2D eigenvalue weighted by atomic mass is 9.75. The van der Waals surface area contributed by atoms with Crippen molar-refractivity contribution in [1.29, 1.82) is 0 Å². The summed E-state index contributed by atoms with van der Waals surface area (Å²) >= 11 is 0. The molecule has 0 N–H and O–H groups in total. The van der Waals surface area contributed by atoms with Crippen molar-refractivity contribution in [3.05, 3.63) is 23.7 Å². The zero-order valence-corrected chi connectivity index (χ0v) is 15.2. The fourth-order valence-corrected chi connectivity index (χ4v) is 3.14. The molecular weight excluding hydrogens is 272 g/mol. The van der Waals surface area contributed by atoms with E-state index in [1.54, 1.807) is 0 Å². The van der Waals surface area contributed by atoms with Crippen molar-refractivity contribution in [1.82, 2.24) is 0 Å². The Kier molecular flexibility index (Phi) is 9.34. The molecule has 0 aromatic carbocycles. The third-order valence-electron chi connectivity index (χ3n) is 5.01. The highest BCUT2D eigenvalue weighted by Crippen LogP contribution is 2.37. The Morgan fingerprint density at radius 3 is 1.50 bits per heavy atom. The molecule has 22 heavy (non-hydrogen) atoms. The first-order valence-electron chi connectivity index (χ1n) is 9.28. The van der Waals surface area contributed by atoms with Gasteiger partial charge in [0.25, 0.3) is 0 Å². The standard InChI is InChI=1S/C20H36O2/c1-5-18(6-2)14-21-16-20(12-10-9-11-13-20)17-22-15-19(7-3)8-4/h14-15H,5-13,16-17H2,1-4H3. The zero-order chi connectivity index (χ0) is 16.3. The van der Waals surface area contributed by atoms with E-state index in [1.165, 1.54) is 43.3 Å². The number of allylic oxidation sites excluding steroid dienone is 2. The maximum atomic E-state index is 5.97. The van der Waals surface area contributed by atoms with Crippen LogP contribution >= 0.6 is 0 Å². The second-order valence-corrected chi connectivity index (χ2v) is 6.65. The lowest BCUT2D eigenvalue weighted by Crippen LogP contribution is -2.33. The molecule has 2 heteroatoms. The van der Waals surface area contributed by atoms with Crippen LogP contribution in [0.15, 0.2) is 23.7 Å². The smallest absolute Gasteiger partial charge is 0.0962 e. The van der Waals surface area contributed by atoms with Crippen molar-refractivity contribution in [3.63, 3.8) is 0 Å². The molecule has 1 aliphatic rings. The van der Waals surface area contributed by atoms with Gasteiger partial charge in [-0.2, -0.15) is 0 Å². The van der Waals surface area contributed by atoms with E-state index in [-0.39, 0.29) is 5.41 Å². The van der Waals surface area contributed by atoms with Crippen molar-refractivity contribution < 1.29 is 9.47 Å². The summed E-state index contributed by atoms with van der Waals surface area (Å²) in [6.07, 6.45) is 14.8. The van der Waals surface area contributed by atoms with Gasteiger partial charge in [-0.05, 0) is 49.7 Å². The first kappa shape index (κ1) is 19.1. The van der Waals surface area contributed by atoms with Crippen LogP contribution in [0.3, 0.4) is 0 Å². The summed E-state index contributed by atoms with van der Waals surface area (Å²) in [5.74, 6) is 0. The second-order valence-electron chi connectivity index (χ2n) is 6.65. The SMILES string of the molecule is CCC(=COCC1(COC=C(CC)CC)CCCCC1)CC. The van der Waals surface area contributed by atoms with Gasteiger partial charge in [-0.3, -0.25) is 0 Å². The Morgan fingerprint density at radius 1 is 0.727 bits per heavy atom. The summed E-state index contributed by atoms with van der Waals surface area (Å²) < 4.78 is 11.9. The minimum Gasteiger partial charge on any atom is -0.501 e. The lowest BCUT2D eigenvalue weighted by molar-refractivity contribution is 0.00901. The van der Waals surface area contributed by atoms with Crippen LogP contribution in [0.4, 0.5) is 0 Å². The highest BCUT2D eigenvalue weighted by molar-refractivity contribution is 4.97. The predicted octanol–water partition coefficient (Wildman–Crippen LogP) is 6.38. The summed E-state index contributed by atoms with van der Waals surface area (Å²) in [5.41, 5.74) is 3.00. The highest BCUT2D eigenvalue weighted by Gasteiger charge is 2.33. The number of rotatable bonds is 10. The average molecular weight is 309 g/mol. The lowest BCUT2D eigenvalue weighted by Gasteiger charge is -2.36. The monoisotopic (exact) mass is 308 g/mol. The molecule has 0 heterocycles. The molecule has 0 aromatic heterocycles. The van der Waals surface area contributed by atoms with Gasteiger partial charge in [0.15, 0.2) is 0 Å². The second kappa shape index (κ2) is 10.7. The molecule has 0 aromatic rings. The fourth-order valence-electron chi connectivity index (χ4n) is 3.14. The molecule has 0 spiro atoms. The Bertz CT molecular complexity index is 309. The van der Waals surface area contributed by atoms with E-state index >= 15 is 0 Å². The number of hydrogen-bond acceptors (Lipinski definition) is 2. The summed E-state index contributed by atoms with van der Waals surface area (Å²) in [7, 11) is 0. The molecule has 0 radical (unpaired) electrons. The van der Waals surface area contributed by atoms with Crippen LogP contribution in [-0.4, -0.2) is 13.2 Å². The van der Waals surface area contributed by atoms with E-state index in [2.05, 4.69) is 27.7 Å². The zero-order valence-electron chi connectivity index (χ0n) is 15.2. The quantitative estimate of drug-likeness (QED) is 0.436. The van der Waals surface area contributed by atoms with Gasteiger partial charge in [-0.15, -0.1) is 0 Å². The molecule has 0 unspecified atom stereocenters. The third kappa shape index (κ3) is 6.46. The van der Waals surface area contributed by atoms with Gasteiger partial charge in [-0.1, -0.05) is 47.0 Å². The molecule has 1 fully saturated rings. The normalized spacial score (nSPS) is 16.7. The van der Waals surface area contributed by atoms with Crippen LogP contribution in [0, 0.1) is 5.41 Å². The summed E-state index contributed by atoms with van der Waals surface area (Å²) in [6.45, 7) is 10.4. The average Bonchev–Trinajstić information content (AvgIpc) is 2.57. The van der Waals surface area contributed by atoms with Gasteiger partial charge < -0.3 is 9.47 Å². The van der Waals surface area contributed by atoms with E-state index < -0.39 is 0 Å².